The third-order valence-corrected chi connectivity index (χ3v) is 7.13. The van der Waals surface area contributed by atoms with Crippen molar-refractivity contribution in [1.82, 2.24) is 20.5 Å². The van der Waals surface area contributed by atoms with Crippen LogP contribution in [0.4, 0.5) is 0 Å². The van der Waals surface area contributed by atoms with E-state index in [1.807, 2.05) is 72.8 Å². The van der Waals surface area contributed by atoms with E-state index in [1.54, 1.807) is 6.20 Å². The molecule has 0 aliphatic carbocycles. The largest absolute Gasteiger partial charge is 0.489 e. The summed E-state index contributed by atoms with van der Waals surface area (Å²) in [5, 5.41) is 6.11. The van der Waals surface area contributed by atoms with Crippen LogP contribution in [0.2, 0.25) is 0 Å². The molecule has 218 valence electrons. The molecule has 8 heteroatoms. The molecule has 2 heterocycles. The summed E-state index contributed by atoms with van der Waals surface area (Å²) in [7, 11) is 0. The van der Waals surface area contributed by atoms with Crippen molar-refractivity contribution in [3.8, 4) is 5.75 Å². The molecule has 2 amide bonds. The average Bonchev–Trinajstić information content (AvgIpc) is 3.00. The van der Waals surface area contributed by atoms with E-state index in [0.717, 1.165) is 22.6 Å². The van der Waals surface area contributed by atoms with Crippen molar-refractivity contribution in [3.63, 3.8) is 0 Å². The highest BCUT2D eigenvalue weighted by Gasteiger charge is 2.31. The third kappa shape index (κ3) is 9.99. The van der Waals surface area contributed by atoms with E-state index in [2.05, 4.69) is 34.4 Å². The molecule has 1 aliphatic heterocycles. The van der Waals surface area contributed by atoms with Crippen molar-refractivity contribution in [2.45, 2.75) is 51.8 Å². The molecule has 1 saturated heterocycles. The molecule has 0 saturated carbocycles. The number of aromatic nitrogens is 1. The molecule has 1 fully saturated rings. The summed E-state index contributed by atoms with van der Waals surface area (Å²) in [6, 6.07) is 22.4. The van der Waals surface area contributed by atoms with Gasteiger partial charge in [0, 0.05) is 44.4 Å². The predicted molar refractivity (Wildman–Crippen MR) is 159 cm³/mol. The number of hydrogen-bond acceptors (Lipinski definition) is 6. The number of nitrogens with one attached hydrogen (secondary N) is 2. The van der Waals surface area contributed by atoms with E-state index in [0.29, 0.717) is 64.6 Å². The molecule has 4 rings (SSSR count). The van der Waals surface area contributed by atoms with Gasteiger partial charge in [-0.25, -0.2) is 0 Å². The standard InChI is InChI=1S/C33H42N4O4/c1-25(2)22-31(37-18-20-40-21-19-37)33(39)36-30(32(38)35-17-15-28-10-6-7-16-34-28)23-26-11-13-29(14-12-26)41-24-27-8-4-3-5-9-27/h3-14,16,25,30-31H,15,17-24H2,1-2H3,(H,35,38)(H,36,39)/t30-,31+/m0/s1. The van der Waals surface area contributed by atoms with E-state index in [9.17, 15) is 9.59 Å². The van der Waals surface area contributed by atoms with Crippen LogP contribution >= 0.6 is 0 Å². The molecule has 2 N–H and O–H groups in total. The van der Waals surface area contributed by atoms with Gasteiger partial charge in [0.1, 0.15) is 18.4 Å². The second-order valence-corrected chi connectivity index (χ2v) is 10.8. The lowest BCUT2D eigenvalue weighted by Gasteiger charge is -2.35. The van der Waals surface area contributed by atoms with Gasteiger partial charge in [0.2, 0.25) is 11.8 Å². The minimum Gasteiger partial charge on any atom is -0.489 e. The maximum absolute atomic E-state index is 13.6. The molecule has 1 aromatic heterocycles. The number of pyridine rings is 1. The summed E-state index contributed by atoms with van der Waals surface area (Å²) in [4.78, 5) is 33.6. The molecule has 0 unspecified atom stereocenters. The predicted octanol–water partition coefficient (Wildman–Crippen LogP) is 3.79. The third-order valence-electron chi connectivity index (χ3n) is 7.13. The quantitative estimate of drug-likeness (QED) is 0.313. The van der Waals surface area contributed by atoms with Crippen molar-refractivity contribution in [1.29, 1.82) is 0 Å². The summed E-state index contributed by atoms with van der Waals surface area (Å²) in [5.74, 6) is 0.766. The first-order valence-electron chi connectivity index (χ1n) is 14.5. The summed E-state index contributed by atoms with van der Waals surface area (Å²) in [6.45, 7) is 7.78. The second-order valence-electron chi connectivity index (χ2n) is 10.8. The fourth-order valence-corrected chi connectivity index (χ4v) is 4.92. The number of benzene rings is 2. The van der Waals surface area contributed by atoms with Gasteiger partial charge in [-0.3, -0.25) is 19.5 Å². The van der Waals surface area contributed by atoms with Gasteiger partial charge in [-0.2, -0.15) is 0 Å². The van der Waals surface area contributed by atoms with E-state index in [4.69, 9.17) is 9.47 Å². The Kier molecular flexibility index (Phi) is 11.7. The maximum Gasteiger partial charge on any atom is 0.242 e. The van der Waals surface area contributed by atoms with Crippen LogP contribution in [-0.2, 0) is 33.8 Å². The maximum atomic E-state index is 13.6. The monoisotopic (exact) mass is 558 g/mol. The smallest absolute Gasteiger partial charge is 0.242 e. The summed E-state index contributed by atoms with van der Waals surface area (Å²) < 4.78 is 11.4. The molecule has 0 radical (unpaired) electrons. The Morgan fingerprint density at radius 1 is 0.927 bits per heavy atom. The Labute approximate surface area is 243 Å². The zero-order chi connectivity index (χ0) is 28.9. The molecular formula is C33H42N4O4. The van der Waals surface area contributed by atoms with Gasteiger partial charge in [0.25, 0.3) is 0 Å². The minimum atomic E-state index is -0.710. The molecule has 0 bridgehead atoms. The Morgan fingerprint density at radius 2 is 1.66 bits per heavy atom. The molecular weight excluding hydrogens is 516 g/mol. The number of nitrogens with zero attached hydrogens (tertiary/aromatic N) is 2. The van der Waals surface area contributed by atoms with Crippen LogP contribution in [0.5, 0.6) is 5.75 Å². The highest BCUT2D eigenvalue weighted by molar-refractivity contribution is 5.90. The first kappa shape index (κ1) is 30.2. The Hall–Kier alpha value is -3.75. The fourth-order valence-electron chi connectivity index (χ4n) is 4.92. The molecule has 0 spiro atoms. The molecule has 8 nitrogen and oxygen atoms in total. The number of rotatable bonds is 14. The van der Waals surface area contributed by atoms with E-state index >= 15 is 0 Å². The van der Waals surface area contributed by atoms with Crippen LogP contribution in [0.25, 0.3) is 0 Å². The number of carbonyl (C=O) groups excluding carboxylic acids is 2. The van der Waals surface area contributed by atoms with Crippen LogP contribution < -0.4 is 15.4 Å². The molecule has 3 aromatic rings. The Bertz CT molecular complexity index is 1200. The van der Waals surface area contributed by atoms with Crippen LogP contribution in [0, 0.1) is 5.92 Å². The summed E-state index contributed by atoms with van der Waals surface area (Å²) in [5.41, 5.74) is 2.94. The highest BCUT2D eigenvalue weighted by Crippen LogP contribution is 2.17. The Morgan fingerprint density at radius 3 is 2.34 bits per heavy atom. The van der Waals surface area contributed by atoms with Gasteiger partial charge in [-0.15, -0.1) is 0 Å². The lowest BCUT2D eigenvalue weighted by Crippen LogP contribution is -2.56. The first-order chi connectivity index (χ1) is 20.0. The first-order valence-corrected chi connectivity index (χ1v) is 14.5. The SMILES string of the molecule is CC(C)C[C@H](C(=O)N[C@@H](Cc1ccc(OCc2ccccc2)cc1)C(=O)NCCc1ccccn1)N1CCOCC1. The zero-order valence-corrected chi connectivity index (χ0v) is 24.1. The van der Waals surface area contributed by atoms with Crippen molar-refractivity contribution >= 4 is 11.8 Å². The second kappa shape index (κ2) is 15.9. The van der Waals surface area contributed by atoms with Gasteiger partial charge in [0.05, 0.1) is 19.3 Å². The fraction of sp³-hybridized carbons (Fsp3) is 0.424. The topological polar surface area (TPSA) is 92.8 Å². The molecule has 41 heavy (non-hydrogen) atoms. The van der Waals surface area contributed by atoms with Crippen LogP contribution in [-0.4, -0.2) is 66.6 Å². The minimum absolute atomic E-state index is 0.117. The lowest BCUT2D eigenvalue weighted by atomic mass is 9.99. The van der Waals surface area contributed by atoms with Gasteiger partial charge in [0.15, 0.2) is 0 Å². The molecule has 2 aromatic carbocycles. The van der Waals surface area contributed by atoms with Gasteiger partial charge >= 0.3 is 0 Å². The van der Waals surface area contributed by atoms with Crippen LogP contribution in [0.3, 0.4) is 0 Å². The van der Waals surface area contributed by atoms with E-state index in [-0.39, 0.29) is 17.9 Å². The number of amides is 2. The van der Waals surface area contributed by atoms with Crippen molar-refractivity contribution in [2.24, 2.45) is 5.92 Å². The summed E-state index contributed by atoms with van der Waals surface area (Å²) >= 11 is 0. The molecule has 2 atom stereocenters. The highest BCUT2D eigenvalue weighted by atomic mass is 16.5. The number of ether oxygens (including phenoxy) is 2. The Balaban J connectivity index is 1.42. The van der Waals surface area contributed by atoms with Crippen LogP contribution in [0.15, 0.2) is 79.0 Å². The van der Waals surface area contributed by atoms with Gasteiger partial charge < -0.3 is 20.1 Å². The van der Waals surface area contributed by atoms with E-state index < -0.39 is 6.04 Å². The van der Waals surface area contributed by atoms with Crippen LogP contribution in [0.1, 0.15) is 37.1 Å². The van der Waals surface area contributed by atoms with Gasteiger partial charge in [-0.1, -0.05) is 62.4 Å². The zero-order valence-electron chi connectivity index (χ0n) is 24.1. The number of hydrogen-bond donors (Lipinski definition) is 2. The van der Waals surface area contributed by atoms with Crippen molar-refractivity contribution in [3.05, 3.63) is 95.8 Å². The number of carbonyl (C=O) groups is 2. The lowest BCUT2D eigenvalue weighted by molar-refractivity contribution is -0.133. The normalized spacial score (nSPS) is 15.2. The average molecular weight is 559 g/mol. The van der Waals surface area contributed by atoms with Crippen molar-refractivity contribution in [2.75, 3.05) is 32.8 Å². The molecule has 1 aliphatic rings. The van der Waals surface area contributed by atoms with Gasteiger partial charge in [-0.05, 0) is 47.7 Å². The summed E-state index contributed by atoms with van der Waals surface area (Å²) in [6.07, 6.45) is 3.45. The number of morpholine rings is 1. The van der Waals surface area contributed by atoms with Crippen molar-refractivity contribution < 1.29 is 19.1 Å². The van der Waals surface area contributed by atoms with E-state index in [1.165, 1.54) is 0 Å².